The lowest BCUT2D eigenvalue weighted by atomic mass is 10.3. The van der Waals surface area contributed by atoms with Crippen LogP contribution in [0.2, 0.25) is 5.02 Å². The fourth-order valence-electron chi connectivity index (χ4n) is 1.86. The van der Waals surface area contributed by atoms with Crippen molar-refractivity contribution >= 4 is 23.4 Å². The summed E-state index contributed by atoms with van der Waals surface area (Å²) < 4.78 is 15.9. The predicted molar refractivity (Wildman–Crippen MR) is 96.3 cm³/mol. The van der Waals surface area contributed by atoms with Crippen molar-refractivity contribution in [3.63, 3.8) is 0 Å². The van der Waals surface area contributed by atoms with E-state index in [0.717, 1.165) is 5.75 Å². The highest BCUT2D eigenvalue weighted by molar-refractivity contribution is 6.32. The number of carbonyl (C=O) groups excluding carboxylic acids is 2. The Bertz CT molecular complexity index is 737. The van der Waals surface area contributed by atoms with Gasteiger partial charge in [0.1, 0.15) is 17.2 Å². The lowest BCUT2D eigenvalue weighted by molar-refractivity contribution is -0.131. The van der Waals surface area contributed by atoms with Crippen LogP contribution < -0.4 is 25.1 Å². The van der Waals surface area contributed by atoms with E-state index in [1.807, 2.05) is 6.92 Å². The zero-order chi connectivity index (χ0) is 18.8. The van der Waals surface area contributed by atoms with Gasteiger partial charge in [0.25, 0.3) is 11.8 Å². The smallest absolute Gasteiger partial charge is 0.276 e. The quantitative estimate of drug-likeness (QED) is 0.689. The van der Waals surface area contributed by atoms with E-state index in [1.165, 1.54) is 0 Å². The molecule has 0 atom stereocenters. The molecular formula is C18H19ClN2O5. The summed E-state index contributed by atoms with van der Waals surface area (Å²) in [5.74, 6) is 0.575. The van der Waals surface area contributed by atoms with Crippen molar-refractivity contribution in [1.29, 1.82) is 0 Å². The first kappa shape index (κ1) is 19.4. The SMILES string of the molecule is CCOc1ccc(OCC(=O)NNC(=O)COc2ccccc2Cl)cc1. The fraction of sp³-hybridized carbons (Fsp3) is 0.222. The Morgan fingerprint density at radius 2 is 1.38 bits per heavy atom. The molecule has 0 aliphatic heterocycles. The molecule has 0 aliphatic rings. The minimum Gasteiger partial charge on any atom is -0.494 e. The molecule has 0 bridgehead atoms. The van der Waals surface area contributed by atoms with Crippen LogP contribution in [0.3, 0.4) is 0 Å². The van der Waals surface area contributed by atoms with Gasteiger partial charge < -0.3 is 14.2 Å². The number of halogens is 1. The number of benzene rings is 2. The summed E-state index contributed by atoms with van der Waals surface area (Å²) in [5, 5.41) is 0.396. The van der Waals surface area contributed by atoms with Crippen LogP contribution in [0.25, 0.3) is 0 Å². The molecule has 0 radical (unpaired) electrons. The van der Waals surface area contributed by atoms with Gasteiger partial charge in [-0.15, -0.1) is 0 Å². The van der Waals surface area contributed by atoms with Gasteiger partial charge in [0.15, 0.2) is 13.2 Å². The fourth-order valence-corrected chi connectivity index (χ4v) is 2.05. The number of nitrogens with one attached hydrogen (secondary N) is 2. The van der Waals surface area contributed by atoms with E-state index in [-0.39, 0.29) is 13.2 Å². The summed E-state index contributed by atoms with van der Waals surface area (Å²) in [6, 6.07) is 13.6. The largest absolute Gasteiger partial charge is 0.494 e. The van der Waals surface area contributed by atoms with Gasteiger partial charge in [0.05, 0.1) is 11.6 Å². The molecule has 0 saturated heterocycles. The lowest BCUT2D eigenvalue weighted by Gasteiger charge is -2.10. The third-order valence-corrected chi connectivity index (χ3v) is 3.35. The van der Waals surface area contributed by atoms with Crippen molar-refractivity contribution in [3.05, 3.63) is 53.6 Å². The zero-order valence-electron chi connectivity index (χ0n) is 14.2. The first-order valence-corrected chi connectivity index (χ1v) is 8.27. The first-order chi connectivity index (χ1) is 12.6. The van der Waals surface area contributed by atoms with Crippen molar-refractivity contribution in [2.75, 3.05) is 19.8 Å². The van der Waals surface area contributed by atoms with Gasteiger partial charge in [-0.1, -0.05) is 23.7 Å². The summed E-state index contributed by atoms with van der Waals surface area (Å²) in [6.07, 6.45) is 0. The maximum Gasteiger partial charge on any atom is 0.276 e. The molecule has 0 saturated carbocycles. The Morgan fingerprint density at radius 1 is 0.846 bits per heavy atom. The second-order valence-corrected chi connectivity index (χ2v) is 5.42. The Kier molecular flexibility index (Phi) is 7.57. The molecule has 2 aromatic carbocycles. The molecule has 2 amide bonds. The van der Waals surface area contributed by atoms with E-state index in [0.29, 0.717) is 23.1 Å². The van der Waals surface area contributed by atoms with Crippen LogP contribution in [0.5, 0.6) is 17.2 Å². The normalized spacial score (nSPS) is 9.92. The van der Waals surface area contributed by atoms with E-state index in [9.17, 15) is 9.59 Å². The molecule has 2 N–H and O–H groups in total. The van der Waals surface area contributed by atoms with Crippen LogP contribution in [0.15, 0.2) is 48.5 Å². The minimum atomic E-state index is -0.528. The topological polar surface area (TPSA) is 85.9 Å². The molecule has 7 nitrogen and oxygen atoms in total. The molecule has 138 valence electrons. The summed E-state index contributed by atoms with van der Waals surface area (Å²) in [5.41, 5.74) is 4.46. The summed E-state index contributed by atoms with van der Waals surface area (Å²) >= 11 is 5.91. The average molecular weight is 379 g/mol. The molecule has 0 aromatic heterocycles. The number of rotatable bonds is 8. The molecule has 0 heterocycles. The summed E-state index contributed by atoms with van der Waals surface area (Å²) in [6.45, 7) is 1.93. The van der Waals surface area contributed by atoms with Gasteiger partial charge in [-0.25, -0.2) is 0 Å². The number of hydrazine groups is 1. The Morgan fingerprint density at radius 3 is 1.96 bits per heavy atom. The molecule has 0 fully saturated rings. The molecule has 26 heavy (non-hydrogen) atoms. The number of ether oxygens (including phenoxy) is 3. The number of carbonyl (C=O) groups is 2. The van der Waals surface area contributed by atoms with Crippen LogP contribution in [-0.4, -0.2) is 31.6 Å². The zero-order valence-corrected chi connectivity index (χ0v) is 14.9. The molecule has 8 heteroatoms. The Balaban J connectivity index is 1.66. The van der Waals surface area contributed by atoms with Gasteiger partial charge in [-0.3, -0.25) is 20.4 Å². The van der Waals surface area contributed by atoms with Crippen molar-refractivity contribution in [2.45, 2.75) is 6.92 Å². The summed E-state index contributed by atoms with van der Waals surface area (Å²) in [7, 11) is 0. The Labute approximate surface area is 156 Å². The number of amides is 2. The Hall–Kier alpha value is -2.93. The minimum absolute atomic E-state index is 0.250. The van der Waals surface area contributed by atoms with Crippen LogP contribution in [0.4, 0.5) is 0 Å². The number of hydrogen-bond acceptors (Lipinski definition) is 5. The van der Waals surface area contributed by atoms with Crippen molar-refractivity contribution in [1.82, 2.24) is 10.9 Å². The van der Waals surface area contributed by atoms with E-state index < -0.39 is 11.8 Å². The number of para-hydroxylation sites is 1. The van der Waals surface area contributed by atoms with E-state index in [4.69, 9.17) is 25.8 Å². The maximum absolute atomic E-state index is 11.7. The monoisotopic (exact) mass is 378 g/mol. The standard InChI is InChI=1S/C18H19ClN2O5/c1-2-24-13-7-9-14(10-8-13)25-11-17(22)20-21-18(23)12-26-16-6-4-3-5-15(16)19/h3-10H,2,11-12H2,1H3,(H,20,22)(H,21,23). The van der Waals surface area contributed by atoms with E-state index in [2.05, 4.69) is 10.9 Å². The van der Waals surface area contributed by atoms with Crippen LogP contribution >= 0.6 is 11.6 Å². The maximum atomic E-state index is 11.7. The highest BCUT2D eigenvalue weighted by atomic mass is 35.5. The van der Waals surface area contributed by atoms with E-state index in [1.54, 1.807) is 48.5 Å². The lowest BCUT2D eigenvalue weighted by Crippen LogP contribution is -2.45. The van der Waals surface area contributed by atoms with Gasteiger partial charge in [0, 0.05) is 0 Å². The number of hydrogen-bond donors (Lipinski definition) is 2. The molecule has 2 aromatic rings. The predicted octanol–water partition coefficient (Wildman–Crippen LogP) is 2.34. The molecule has 0 spiro atoms. The van der Waals surface area contributed by atoms with Crippen molar-refractivity contribution in [3.8, 4) is 17.2 Å². The van der Waals surface area contributed by atoms with Gasteiger partial charge in [0.2, 0.25) is 0 Å². The summed E-state index contributed by atoms with van der Waals surface area (Å²) in [4.78, 5) is 23.3. The second-order valence-electron chi connectivity index (χ2n) is 5.01. The molecule has 0 unspecified atom stereocenters. The second kappa shape index (κ2) is 10.1. The molecular weight excluding hydrogens is 360 g/mol. The highest BCUT2D eigenvalue weighted by Gasteiger charge is 2.08. The van der Waals surface area contributed by atoms with Crippen molar-refractivity contribution < 1.29 is 23.8 Å². The molecule has 0 aliphatic carbocycles. The van der Waals surface area contributed by atoms with Crippen LogP contribution in [0, 0.1) is 0 Å². The van der Waals surface area contributed by atoms with Crippen LogP contribution in [-0.2, 0) is 9.59 Å². The van der Waals surface area contributed by atoms with Crippen molar-refractivity contribution in [2.24, 2.45) is 0 Å². The van der Waals surface area contributed by atoms with E-state index >= 15 is 0 Å². The van der Waals surface area contributed by atoms with Gasteiger partial charge in [-0.2, -0.15) is 0 Å². The van der Waals surface area contributed by atoms with Gasteiger partial charge >= 0.3 is 0 Å². The van der Waals surface area contributed by atoms with Crippen LogP contribution in [0.1, 0.15) is 6.92 Å². The third kappa shape index (κ3) is 6.52. The third-order valence-electron chi connectivity index (χ3n) is 3.04. The molecule has 2 rings (SSSR count). The van der Waals surface area contributed by atoms with Gasteiger partial charge in [-0.05, 0) is 43.3 Å². The highest BCUT2D eigenvalue weighted by Crippen LogP contribution is 2.22. The first-order valence-electron chi connectivity index (χ1n) is 7.89. The average Bonchev–Trinajstić information content (AvgIpc) is 2.65.